The fourth-order valence-corrected chi connectivity index (χ4v) is 8.71. The van der Waals surface area contributed by atoms with Crippen LogP contribution in [0.25, 0.3) is 0 Å². The SMILES string of the molecule is CCCC/C=C/CC/C=C/CC/C=C/C(O)C(COC1OC(CO)C(OC2OC(CO)C(OC3OC(CO)C(O)C(O)C3O)C(O)C2O)C(O)C1O)NC(=O)CCCCCCC/C=C\C/C=C\CCCCCC. The molecule has 3 aliphatic rings. The van der Waals surface area contributed by atoms with Crippen LogP contribution >= 0.6 is 0 Å². The molecule has 0 aromatic rings. The van der Waals surface area contributed by atoms with Crippen LogP contribution in [-0.2, 0) is 33.2 Å². The number of aliphatic hydroxyl groups is 11. The quantitative estimate of drug-likeness (QED) is 0.0315. The molecule has 0 saturated carbocycles. The van der Waals surface area contributed by atoms with Gasteiger partial charge in [0.15, 0.2) is 18.9 Å². The van der Waals surface area contributed by atoms with Crippen LogP contribution in [0.4, 0.5) is 0 Å². The molecule has 3 rings (SSSR count). The number of unbranched alkanes of at least 4 members (excludes halogenated alkanes) is 13. The van der Waals surface area contributed by atoms with Crippen LogP contribution in [0.2, 0.25) is 0 Å². The molecule has 73 heavy (non-hydrogen) atoms. The van der Waals surface area contributed by atoms with E-state index < -0.39 is 124 Å². The topological polar surface area (TPSA) is 307 Å². The third-order valence-electron chi connectivity index (χ3n) is 13.3. The van der Waals surface area contributed by atoms with Crippen LogP contribution in [0.15, 0.2) is 60.8 Å². The van der Waals surface area contributed by atoms with Crippen molar-refractivity contribution in [1.29, 1.82) is 0 Å². The van der Waals surface area contributed by atoms with Gasteiger partial charge >= 0.3 is 0 Å². The standard InChI is InChI=1S/C54H93NO18/c1-3-5-7-9-11-13-15-17-18-19-20-22-24-26-28-30-32-42(60)55-37(38(59)31-29-27-25-23-21-16-14-12-10-8-6-4-2)36-68-52-48(66)45(63)50(40(34-57)70-52)73-54-49(67)46(64)51(41(35-58)71-54)72-53-47(65)44(62)43(61)39(33-56)69-53/h10,12-13,15,18-19,21,23,29,31,37-41,43-54,56-59,61-67H,3-9,11,14,16-17,20,22,24-28,30,32-36H2,1-2H3,(H,55,60)/b12-10+,15-13-,19-18-,23-21+,31-29+. The molecule has 17 unspecified atom stereocenters. The Morgan fingerprint density at radius 3 is 1.49 bits per heavy atom. The van der Waals surface area contributed by atoms with Crippen molar-refractivity contribution in [3.05, 3.63) is 60.8 Å². The van der Waals surface area contributed by atoms with E-state index in [1.807, 2.05) is 6.08 Å². The van der Waals surface area contributed by atoms with Crippen molar-refractivity contribution in [3.63, 3.8) is 0 Å². The fourth-order valence-electron chi connectivity index (χ4n) is 8.71. The Morgan fingerprint density at radius 2 is 0.932 bits per heavy atom. The van der Waals surface area contributed by atoms with Gasteiger partial charge in [0.1, 0.15) is 73.2 Å². The Balaban J connectivity index is 1.56. The molecule has 3 saturated heterocycles. The molecule has 0 bridgehead atoms. The van der Waals surface area contributed by atoms with E-state index in [1.54, 1.807) is 6.08 Å². The zero-order valence-corrected chi connectivity index (χ0v) is 43.3. The summed E-state index contributed by atoms with van der Waals surface area (Å²) in [6.07, 6.45) is 13.6. The first kappa shape index (κ1) is 64.8. The number of rotatable bonds is 37. The number of hydrogen-bond acceptors (Lipinski definition) is 18. The van der Waals surface area contributed by atoms with Gasteiger partial charge in [-0.25, -0.2) is 0 Å². The smallest absolute Gasteiger partial charge is 0.220 e. The van der Waals surface area contributed by atoms with E-state index >= 15 is 0 Å². The largest absolute Gasteiger partial charge is 0.394 e. The van der Waals surface area contributed by atoms with E-state index in [9.17, 15) is 61.0 Å². The van der Waals surface area contributed by atoms with Crippen LogP contribution in [0.3, 0.4) is 0 Å². The van der Waals surface area contributed by atoms with Crippen molar-refractivity contribution in [2.45, 2.75) is 247 Å². The van der Waals surface area contributed by atoms with Crippen LogP contribution in [0, 0.1) is 0 Å². The number of amides is 1. The molecule has 422 valence electrons. The Kier molecular flexibility index (Phi) is 33.8. The first-order valence-electron chi connectivity index (χ1n) is 27.0. The summed E-state index contributed by atoms with van der Waals surface area (Å²) in [7, 11) is 0. The van der Waals surface area contributed by atoms with Crippen molar-refractivity contribution < 1.29 is 89.4 Å². The number of allylic oxidation sites excluding steroid dienone is 9. The molecule has 3 heterocycles. The molecule has 0 spiro atoms. The zero-order chi connectivity index (χ0) is 53.4. The lowest BCUT2D eigenvalue weighted by Gasteiger charge is -2.48. The van der Waals surface area contributed by atoms with E-state index in [4.69, 9.17) is 28.4 Å². The molecule has 1 amide bonds. The highest BCUT2D eigenvalue weighted by Gasteiger charge is 2.53. The van der Waals surface area contributed by atoms with E-state index in [0.29, 0.717) is 12.8 Å². The van der Waals surface area contributed by atoms with Crippen LogP contribution in [-0.4, -0.2) is 193 Å². The summed E-state index contributed by atoms with van der Waals surface area (Å²) >= 11 is 0. The molecule has 0 radical (unpaired) electrons. The zero-order valence-electron chi connectivity index (χ0n) is 43.3. The molecule has 0 aromatic carbocycles. The predicted octanol–water partition coefficient (Wildman–Crippen LogP) is 2.92. The van der Waals surface area contributed by atoms with Gasteiger partial charge in [-0.1, -0.05) is 126 Å². The van der Waals surface area contributed by atoms with Gasteiger partial charge in [-0.2, -0.15) is 0 Å². The minimum atomic E-state index is -1.98. The molecule has 3 fully saturated rings. The van der Waals surface area contributed by atoms with Crippen molar-refractivity contribution >= 4 is 5.91 Å². The molecular weight excluding hydrogens is 951 g/mol. The second-order valence-electron chi connectivity index (χ2n) is 19.3. The minimum Gasteiger partial charge on any atom is -0.394 e. The van der Waals surface area contributed by atoms with Gasteiger partial charge < -0.3 is 89.9 Å². The second kappa shape index (κ2) is 38.1. The molecular formula is C54H93NO18. The van der Waals surface area contributed by atoms with Gasteiger partial charge in [0.05, 0.1) is 38.6 Å². The van der Waals surface area contributed by atoms with Gasteiger partial charge in [0.2, 0.25) is 5.91 Å². The maximum atomic E-state index is 13.2. The summed E-state index contributed by atoms with van der Waals surface area (Å²) in [6.45, 7) is 1.57. The molecule has 3 aliphatic heterocycles. The predicted molar refractivity (Wildman–Crippen MR) is 272 cm³/mol. The Morgan fingerprint density at radius 1 is 0.493 bits per heavy atom. The van der Waals surface area contributed by atoms with Gasteiger partial charge in [-0.3, -0.25) is 4.79 Å². The van der Waals surface area contributed by atoms with Gasteiger partial charge in [-0.15, -0.1) is 0 Å². The lowest BCUT2D eigenvalue weighted by atomic mass is 9.96. The van der Waals surface area contributed by atoms with Crippen LogP contribution in [0.1, 0.15) is 142 Å². The Hall–Kier alpha value is -2.51. The average molecular weight is 1040 g/mol. The molecule has 12 N–H and O–H groups in total. The summed E-state index contributed by atoms with van der Waals surface area (Å²) in [4.78, 5) is 13.2. The molecule has 19 nitrogen and oxygen atoms in total. The highest BCUT2D eigenvalue weighted by atomic mass is 16.8. The number of hydrogen-bond donors (Lipinski definition) is 12. The first-order valence-corrected chi connectivity index (χ1v) is 27.0. The maximum absolute atomic E-state index is 13.2. The van der Waals surface area contributed by atoms with Crippen LogP contribution < -0.4 is 5.32 Å². The highest BCUT2D eigenvalue weighted by Crippen LogP contribution is 2.33. The summed E-state index contributed by atoms with van der Waals surface area (Å²) in [5.74, 6) is -0.309. The van der Waals surface area contributed by atoms with E-state index in [0.717, 1.165) is 70.6 Å². The van der Waals surface area contributed by atoms with Crippen molar-refractivity contribution in [2.75, 3.05) is 26.4 Å². The average Bonchev–Trinajstić information content (AvgIpc) is 3.39. The summed E-state index contributed by atoms with van der Waals surface area (Å²) in [6, 6.07) is -1.00. The minimum absolute atomic E-state index is 0.213. The lowest BCUT2D eigenvalue weighted by Crippen LogP contribution is -2.66. The van der Waals surface area contributed by atoms with Crippen molar-refractivity contribution in [2.24, 2.45) is 0 Å². The number of carbonyl (C=O) groups is 1. The van der Waals surface area contributed by atoms with Crippen molar-refractivity contribution in [1.82, 2.24) is 5.32 Å². The first-order chi connectivity index (χ1) is 35.3. The molecule has 0 aromatic heterocycles. The summed E-state index contributed by atoms with van der Waals surface area (Å²) in [5.41, 5.74) is 0. The third-order valence-corrected chi connectivity index (χ3v) is 13.3. The second-order valence-corrected chi connectivity index (χ2v) is 19.3. The third kappa shape index (κ3) is 23.3. The number of aliphatic hydroxyl groups excluding tert-OH is 11. The normalized spacial score (nSPS) is 32.2. The van der Waals surface area contributed by atoms with E-state index in [-0.39, 0.29) is 18.9 Å². The monoisotopic (exact) mass is 1040 g/mol. The fraction of sp³-hybridized carbons (Fsp3) is 0.796. The summed E-state index contributed by atoms with van der Waals surface area (Å²) in [5, 5.41) is 120. The van der Waals surface area contributed by atoms with Crippen molar-refractivity contribution in [3.8, 4) is 0 Å². The van der Waals surface area contributed by atoms with E-state index in [1.165, 1.54) is 38.5 Å². The van der Waals surface area contributed by atoms with E-state index in [2.05, 4.69) is 67.8 Å². The Bertz CT molecular complexity index is 1580. The molecule has 19 heteroatoms. The number of ether oxygens (including phenoxy) is 6. The van der Waals surface area contributed by atoms with Gasteiger partial charge in [0, 0.05) is 6.42 Å². The van der Waals surface area contributed by atoms with Crippen LogP contribution in [0.5, 0.6) is 0 Å². The summed E-state index contributed by atoms with van der Waals surface area (Å²) < 4.78 is 34.1. The molecule has 17 atom stereocenters. The lowest BCUT2D eigenvalue weighted by molar-refractivity contribution is -0.379. The van der Waals surface area contributed by atoms with Gasteiger partial charge in [-0.05, 0) is 70.6 Å². The number of nitrogens with one attached hydrogen (secondary N) is 1. The highest BCUT2D eigenvalue weighted by molar-refractivity contribution is 5.76. The molecule has 0 aliphatic carbocycles. The maximum Gasteiger partial charge on any atom is 0.220 e. The Labute approximate surface area is 433 Å². The van der Waals surface area contributed by atoms with Gasteiger partial charge in [0.25, 0.3) is 0 Å². The number of carbonyl (C=O) groups excluding carboxylic acids is 1.